The Morgan fingerprint density at radius 3 is 2.45 bits per heavy atom. The second kappa shape index (κ2) is 9.56. The highest BCUT2D eigenvalue weighted by Gasteiger charge is 2.22. The van der Waals surface area contributed by atoms with Gasteiger partial charge in [0.15, 0.2) is 0 Å². The molecule has 1 aliphatic heterocycles. The Morgan fingerprint density at radius 1 is 1.00 bits per heavy atom. The van der Waals surface area contributed by atoms with E-state index in [9.17, 15) is 4.79 Å². The van der Waals surface area contributed by atoms with Crippen LogP contribution in [0.2, 0.25) is 0 Å². The van der Waals surface area contributed by atoms with Gasteiger partial charge in [-0.3, -0.25) is 9.69 Å². The third-order valence-electron chi connectivity index (χ3n) is 4.79. The smallest absolute Gasteiger partial charge is 0.277 e. The molecular weight excluding hydrogens is 452 g/mol. The lowest BCUT2D eigenvalue weighted by Gasteiger charge is -2.34. The third kappa shape index (κ3) is 5.46. The van der Waals surface area contributed by atoms with Crippen molar-refractivity contribution in [2.45, 2.75) is 11.8 Å². The summed E-state index contributed by atoms with van der Waals surface area (Å²) in [5.74, 6) is 0.875. The maximum absolute atomic E-state index is 12.5. The first-order valence-electron chi connectivity index (χ1n) is 9.44. The number of rotatable bonds is 6. The summed E-state index contributed by atoms with van der Waals surface area (Å²) in [6, 6.07) is 18.1. The minimum atomic E-state index is 0.109. The van der Waals surface area contributed by atoms with E-state index in [0.29, 0.717) is 16.9 Å². The number of nitrogens with zero attached hydrogens (tertiary/aromatic N) is 4. The molecule has 0 atom stereocenters. The first-order chi connectivity index (χ1) is 14.2. The molecule has 0 N–H and O–H groups in total. The summed E-state index contributed by atoms with van der Waals surface area (Å²) in [5, 5.41) is 8.53. The van der Waals surface area contributed by atoms with E-state index in [2.05, 4.69) is 55.3 Å². The predicted octanol–water partition coefficient (Wildman–Crippen LogP) is 3.94. The molecule has 1 saturated heterocycles. The van der Waals surface area contributed by atoms with Crippen LogP contribution in [0.3, 0.4) is 0 Å². The molecule has 1 aromatic heterocycles. The van der Waals surface area contributed by atoms with E-state index >= 15 is 0 Å². The molecule has 2 heterocycles. The van der Waals surface area contributed by atoms with Gasteiger partial charge >= 0.3 is 0 Å². The highest BCUT2D eigenvalue weighted by Crippen LogP contribution is 2.24. The second-order valence-electron chi connectivity index (χ2n) is 6.81. The average molecular weight is 473 g/mol. The van der Waals surface area contributed by atoms with Crippen LogP contribution in [0.25, 0.3) is 11.5 Å². The van der Waals surface area contributed by atoms with Crippen molar-refractivity contribution in [2.75, 3.05) is 31.9 Å². The highest BCUT2D eigenvalue weighted by molar-refractivity contribution is 9.10. The predicted molar refractivity (Wildman–Crippen MR) is 116 cm³/mol. The zero-order valence-corrected chi connectivity index (χ0v) is 18.2. The summed E-state index contributed by atoms with van der Waals surface area (Å²) in [6.45, 7) is 4.21. The highest BCUT2D eigenvalue weighted by atomic mass is 79.9. The number of carbonyl (C=O) groups is 1. The van der Waals surface area contributed by atoms with Gasteiger partial charge in [-0.1, -0.05) is 58.0 Å². The minimum Gasteiger partial charge on any atom is -0.411 e. The van der Waals surface area contributed by atoms with Crippen LogP contribution in [-0.4, -0.2) is 57.8 Å². The maximum Gasteiger partial charge on any atom is 0.277 e. The Labute approximate surface area is 182 Å². The Kier molecular flexibility index (Phi) is 6.63. The molecule has 1 fully saturated rings. The molecule has 29 heavy (non-hydrogen) atoms. The van der Waals surface area contributed by atoms with Gasteiger partial charge < -0.3 is 9.32 Å². The van der Waals surface area contributed by atoms with E-state index < -0.39 is 0 Å². The number of thioether (sulfide) groups is 1. The van der Waals surface area contributed by atoms with Crippen molar-refractivity contribution in [2.24, 2.45) is 0 Å². The molecule has 0 saturated carbocycles. The molecule has 1 amide bonds. The van der Waals surface area contributed by atoms with Gasteiger partial charge in [-0.25, -0.2) is 0 Å². The number of halogens is 1. The molecule has 6 nitrogen and oxygen atoms in total. The van der Waals surface area contributed by atoms with E-state index in [1.807, 2.05) is 35.2 Å². The molecule has 0 unspecified atom stereocenters. The first kappa shape index (κ1) is 20.1. The fraction of sp³-hybridized carbons (Fsp3) is 0.286. The van der Waals surface area contributed by atoms with Gasteiger partial charge in [0, 0.05) is 42.8 Å². The van der Waals surface area contributed by atoms with Crippen LogP contribution >= 0.6 is 27.7 Å². The lowest BCUT2D eigenvalue weighted by atomic mass is 10.2. The van der Waals surface area contributed by atoms with Crippen LogP contribution in [0.15, 0.2) is 68.7 Å². The van der Waals surface area contributed by atoms with Crippen molar-refractivity contribution in [3.63, 3.8) is 0 Å². The average Bonchev–Trinajstić information content (AvgIpc) is 3.23. The molecule has 0 radical (unpaired) electrons. The topological polar surface area (TPSA) is 62.5 Å². The van der Waals surface area contributed by atoms with Crippen LogP contribution in [-0.2, 0) is 11.3 Å². The van der Waals surface area contributed by atoms with Gasteiger partial charge in [0.1, 0.15) is 0 Å². The number of aromatic nitrogens is 2. The molecule has 150 valence electrons. The van der Waals surface area contributed by atoms with Gasteiger partial charge in [0.25, 0.3) is 5.22 Å². The third-order valence-corrected chi connectivity index (χ3v) is 6.12. The molecule has 4 rings (SSSR count). The molecule has 3 aromatic rings. The largest absolute Gasteiger partial charge is 0.411 e. The van der Waals surface area contributed by atoms with Crippen LogP contribution in [0.1, 0.15) is 5.56 Å². The van der Waals surface area contributed by atoms with Crippen LogP contribution in [0.4, 0.5) is 0 Å². The molecule has 8 heteroatoms. The molecule has 0 spiro atoms. The zero-order chi connectivity index (χ0) is 20.1. The van der Waals surface area contributed by atoms with Gasteiger partial charge in [-0.15, -0.1) is 10.2 Å². The van der Waals surface area contributed by atoms with E-state index in [4.69, 9.17) is 4.42 Å². The number of benzene rings is 2. The monoisotopic (exact) mass is 472 g/mol. The van der Waals surface area contributed by atoms with Crippen LogP contribution < -0.4 is 0 Å². The standard InChI is InChI=1S/C21H21BrN4O2S/c22-18-8-6-17(7-9-18)20-23-24-21(28-20)29-15-19(27)26-12-10-25(11-13-26)14-16-4-2-1-3-5-16/h1-9H,10-15H2. The van der Waals surface area contributed by atoms with Crippen molar-refractivity contribution in [1.29, 1.82) is 0 Å². The van der Waals surface area contributed by atoms with Crippen molar-refractivity contribution >= 4 is 33.6 Å². The summed E-state index contributed by atoms with van der Waals surface area (Å²) in [7, 11) is 0. The van der Waals surface area contributed by atoms with Crippen LogP contribution in [0, 0.1) is 0 Å². The van der Waals surface area contributed by atoms with Crippen molar-refractivity contribution in [3.8, 4) is 11.5 Å². The van der Waals surface area contributed by atoms with Gasteiger partial charge in [-0.2, -0.15) is 0 Å². The van der Waals surface area contributed by atoms with Crippen LogP contribution in [0.5, 0.6) is 0 Å². The van der Waals surface area contributed by atoms with E-state index in [1.54, 1.807) is 0 Å². The van der Waals surface area contributed by atoms with Crippen molar-refractivity contribution < 1.29 is 9.21 Å². The number of hydrogen-bond donors (Lipinski definition) is 0. The lowest BCUT2D eigenvalue weighted by molar-refractivity contribution is -0.130. The Bertz CT molecular complexity index is 941. The zero-order valence-electron chi connectivity index (χ0n) is 15.8. The van der Waals surface area contributed by atoms with Crippen molar-refractivity contribution in [3.05, 3.63) is 64.6 Å². The summed E-state index contributed by atoms with van der Waals surface area (Å²) < 4.78 is 6.67. The lowest BCUT2D eigenvalue weighted by Crippen LogP contribution is -2.48. The van der Waals surface area contributed by atoms with Gasteiger partial charge in [0.05, 0.1) is 5.75 Å². The SMILES string of the molecule is O=C(CSc1nnc(-c2ccc(Br)cc2)o1)N1CCN(Cc2ccccc2)CC1. The van der Waals surface area contributed by atoms with Gasteiger partial charge in [-0.05, 0) is 29.8 Å². The molecule has 0 bridgehead atoms. The summed E-state index contributed by atoms with van der Waals surface area (Å²) in [5.41, 5.74) is 2.16. The number of carbonyl (C=O) groups excluding carboxylic acids is 1. The summed E-state index contributed by atoms with van der Waals surface area (Å²) in [6.07, 6.45) is 0. The Hall–Kier alpha value is -2.16. The fourth-order valence-electron chi connectivity index (χ4n) is 3.19. The van der Waals surface area contributed by atoms with E-state index in [0.717, 1.165) is 42.8 Å². The van der Waals surface area contributed by atoms with Gasteiger partial charge in [0.2, 0.25) is 11.8 Å². The number of piperazine rings is 1. The molecule has 2 aromatic carbocycles. The van der Waals surface area contributed by atoms with E-state index in [-0.39, 0.29) is 5.91 Å². The fourth-order valence-corrected chi connectivity index (χ4v) is 4.12. The second-order valence-corrected chi connectivity index (χ2v) is 8.65. The quantitative estimate of drug-likeness (QED) is 0.506. The normalized spacial score (nSPS) is 14.9. The molecular formula is C21H21BrN4O2S. The Balaban J connectivity index is 1.24. The van der Waals surface area contributed by atoms with Crippen molar-refractivity contribution in [1.82, 2.24) is 20.0 Å². The molecule has 1 aliphatic rings. The maximum atomic E-state index is 12.5. The number of hydrogen-bond acceptors (Lipinski definition) is 6. The summed E-state index contributed by atoms with van der Waals surface area (Å²) in [4.78, 5) is 16.8. The minimum absolute atomic E-state index is 0.109. The first-order valence-corrected chi connectivity index (χ1v) is 11.2. The number of amides is 1. The van der Waals surface area contributed by atoms with E-state index in [1.165, 1.54) is 17.3 Å². The summed E-state index contributed by atoms with van der Waals surface area (Å²) >= 11 is 4.70. The Morgan fingerprint density at radius 2 is 1.72 bits per heavy atom. The molecule has 0 aliphatic carbocycles.